The maximum atomic E-state index is 11.6. The van der Waals surface area contributed by atoms with Crippen LogP contribution in [0.1, 0.15) is 39.9 Å². The van der Waals surface area contributed by atoms with Gasteiger partial charge in [-0.2, -0.15) is 0 Å². The second-order valence-corrected chi connectivity index (χ2v) is 7.75. The monoisotopic (exact) mass is 401 g/mol. The molecule has 1 unspecified atom stereocenters. The van der Waals surface area contributed by atoms with Gasteiger partial charge in [0.05, 0.1) is 0 Å². The lowest BCUT2D eigenvalue weighted by Gasteiger charge is -2.26. The number of rotatable bonds is 8. The maximum Gasteiger partial charge on any atom is 0.254 e. The van der Waals surface area contributed by atoms with Crippen LogP contribution < -0.4 is 15.8 Å². The van der Waals surface area contributed by atoms with E-state index in [2.05, 4.69) is 52.8 Å². The standard InChI is InChI=1S/C25H27N3O2/c26-25(29)23-17-27-14-12-24(23)30-22-11-9-19-15-21(10-8-20(19)16-22)28-13-4-7-18-5-2-1-3-6-18/h1-3,5-6,9,11-12,14,16-17,21,28H,4,7-8,10,13,15H2,(H2,26,29). The zero-order chi connectivity index (χ0) is 20.8. The lowest BCUT2D eigenvalue weighted by Crippen LogP contribution is -2.35. The first-order valence-corrected chi connectivity index (χ1v) is 10.5. The molecule has 1 aliphatic carbocycles. The van der Waals surface area contributed by atoms with Crippen molar-refractivity contribution in [3.05, 3.63) is 89.2 Å². The molecule has 1 aliphatic rings. The summed E-state index contributed by atoms with van der Waals surface area (Å²) in [6, 6.07) is 19.0. The number of pyridine rings is 1. The van der Waals surface area contributed by atoms with Crippen LogP contribution >= 0.6 is 0 Å². The Labute approximate surface area is 177 Å². The average molecular weight is 402 g/mol. The van der Waals surface area contributed by atoms with Crippen LogP contribution in [-0.2, 0) is 19.3 Å². The third kappa shape index (κ3) is 5.05. The van der Waals surface area contributed by atoms with E-state index in [0.29, 0.717) is 11.8 Å². The number of hydrogen-bond donors (Lipinski definition) is 2. The lowest BCUT2D eigenvalue weighted by molar-refractivity contribution is 0.0997. The summed E-state index contributed by atoms with van der Waals surface area (Å²) in [5.41, 5.74) is 9.77. The highest BCUT2D eigenvalue weighted by Gasteiger charge is 2.19. The molecule has 0 aliphatic heterocycles. The topological polar surface area (TPSA) is 77.2 Å². The Morgan fingerprint density at radius 2 is 2.00 bits per heavy atom. The Bertz CT molecular complexity index is 1000. The highest BCUT2D eigenvalue weighted by atomic mass is 16.5. The van der Waals surface area contributed by atoms with Crippen molar-refractivity contribution in [1.29, 1.82) is 0 Å². The van der Waals surface area contributed by atoms with Gasteiger partial charge < -0.3 is 15.8 Å². The predicted octanol–water partition coefficient (Wildman–Crippen LogP) is 4.05. The molecule has 0 spiro atoms. The van der Waals surface area contributed by atoms with Crippen molar-refractivity contribution < 1.29 is 9.53 Å². The number of primary amides is 1. The fourth-order valence-corrected chi connectivity index (χ4v) is 4.00. The molecule has 0 saturated heterocycles. The molecule has 2 aromatic carbocycles. The minimum absolute atomic E-state index is 0.287. The van der Waals surface area contributed by atoms with Crippen LogP contribution in [0.2, 0.25) is 0 Å². The van der Waals surface area contributed by atoms with Crippen LogP contribution in [0.25, 0.3) is 0 Å². The van der Waals surface area contributed by atoms with E-state index < -0.39 is 5.91 Å². The maximum absolute atomic E-state index is 11.6. The number of carbonyl (C=O) groups excluding carboxylic acids is 1. The van der Waals surface area contributed by atoms with E-state index in [1.54, 1.807) is 12.3 Å². The predicted molar refractivity (Wildman–Crippen MR) is 118 cm³/mol. The quantitative estimate of drug-likeness (QED) is 0.558. The number of nitrogens with zero attached hydrogens (tertiary/aromatic N) is 1. The molecule has 1 atom stereocenters. The van der Waals surface area contributed by atoms with Gasteiger partial charge in [0.15, 0.2) is 0 Å². The van der Waals surface area contributed by atoms with E-state index >= 15 is 0 Å². The minimum atomic E-state index is -0.544. The van der Waals surface area contributed by atoms with Crippen molar-refractivity contribution in [2.24, 2.45) is 5.73 Å². The third-order valence-electron chi connectivity index (χ3n) is 5.60. The van der Waals surface area contributed by atoms with Crippen LogP contribution in [0.4, 0.5) is 0 Å². The molecule has 1 amide bonds. The summed E-state index contributed by atoms with van der Waals surface area (Å²) in [6.07, 6.45) is 8.45. The van der Waals surface area contributed by atoms with Crippen molar-refractivity contribution >= 4 is 5.91 Å². The molecule has 154 valence electrons. The van der Waals surface area contributed by atoms with Crippen LogP contribution in [0, 0.1) is 0 Å². The summed E-state index contributed by atoms with van der Waals surface area (Å²) in [5.74, 6) is 0.611. The van der Waals surface area contributed by atoms with E-state index in [-0.39, 0.29) is 5.56 Å². The van der Waals surface area contributed by atoms with E-state index in [1.165, 1.54) is 22.9 Å². The largest absolute Gasteiger partial charge is 0.456 e. The second-order valence-electron chi connectivity index (χ2n) is 7.75. The number of hydrogen-bond acceptors (Lipinski definition) is 4. The smallest absolute Gasteiger partial charge is 0.254 e. The van der Waals surface area contributed by atoms with Crippen molar-refractivity contribution in [3.8, 4) is 11.5 Å². The van der Waals surface area contributed by atoms with Crippen LogP contribution in [0.3, 0.4) is 0 Å². The summed E-state index contributed by atoms with van der Waals surface area (Å²) in [4.78, 5) is 15.5. The Morgan fingerprint density at radius 1 is 1.13 bits per heavy atom. The molecule has 1 heterocycles. The highest BCUT2D eigenvalue weighted by molar-refractivity contribution is 5.95. The number of nitrogens with two attached hydrogens (primary N) is 1. The van der Waals surface area contributed by atoms with Crippen molar-refractivity contribution in [2.75, 3.05) is 6.54 Å². The first-order chi connectivity index (χ1) is 14.7. The molecule has 5 nitrogen and oxygen atoms in total. The van der Waals surface area contributed by atoms with Crippen molar-refractivity contribution in [1.82, 2.24) is 10.3 Å². The Hall–Kier alpha value is -3.18. The number of fused-ring (bicyclic) bond motifs is 1. The highest BCUT2D eigenvalue weighted by Crippen LogP contribution is 2.29. The zero-order valence-electron chi connectivity index (χ0n) is 17.0. The number of aryl methyl sites for hydroxylation is 2. The molecule has 3 N–H and O–H groups in total. The number of ether oxygens (including phenoxy) is 1. The van der Waals surface area contributed by atoms with Crippen molar-refractivity contribution in [2.45, 2.75) is 38.1 Å². The summed E-state index contributed by atoms with van der Waals surface area (Å²) in [6.45, 7) is 1.04. The van der Waals surface area contributed by atoms with E-state index in [1.807, 2.05) is 6.07 Å². The van der Waals surface area contributed by atoms with Crippen LogP contribution in [0.5, 0.6) is 11.5 Å². The molecule has 0 radical (unpaired) electrons. The molecule has 0 saturated carbocycles. The molecular weight excluding hydrogens is 374 g/mol. The van der Waals surface area contributed by atoms with Gasteiger partial charge >= 0.3 is 0 Å². The fraction of sp³-hybridized carbons (Fsp3) is 0.280. The van der Waals surface area contributed by atoms with Gasteiger partial charge in [0, 0.05) is 18.4 Å². The molecule has 3 aromatic rings. The number of amides is 1. The Morgan fingerprint density at radius 3 is 2.83 bits per heavy atom. The zero-order valence-corrected chi connectivity index (χ0v) is 17.0. The number of nitrogens with one attached hydrogen (secondary N) is 1. The Kier molecular flexibility index (Phi) is 6.40. The van der Waals surface area contributed by atoms with Gasteiger partial charge in [0.1, 0.15) is 17.1 Å². The molecule has 0 bridgehead atoms. The third-order valence-corrected chi connectivity index (χ3v) is 5.60. The lowest BCUT2D eigenvalue weighted by atomic mass is 9.88. The molecule has 1 aromatic heterocycles. The van der Waals surface area contributed by atoms with Gasteiger partial charge in [-0.25, -0.2) is 0 Å². The normalized spacial score (nSPS) is 15.4. The van der Waals surface area contributed by atoms with Crippen molar-refractivity contribution in [3.63, 3.8) is 0 Å². The summed E-state index contributed by atoms with van der Waals surface area (Å²) >= 11 is 0. The number of benzene rings is 2. The fourth-order valence-electron chi connectivity index (χ4n) is 4.00. The Balaban J connectivity index is 1.32. The van der Waals surface area contributed by atoms with E-state index in [9.17, 15) is 4.79 Å². The second kappa shape index (κ2) is 9.55. The van der Waals surface area contributed by atoms with E-state index in [4.69, 9.17) is 10.5 Å². The molecule has 0 fully saturated rings. The summed E-state index contributed by atoms with van der Waals surface area (Å²) in [7, 11) is 0. The van der Waals surface area contributed by atoms with Gasteiger partial charge in [-0.1, -0.05) is 36.4 Å². The summed E-state index contributed by atoms with van der Waals surface area (Å²) < 4.78 is 5.93. The number of carbonyl (C=O) groups is 1. The molecular formula is C25H27N3O2. The average Bonchev–Trinajstić information content (AvgIpc) is 2.78. The van der Waals surface area contributed by atoms with Gasteiger partial charge in [-0.15, -0.1) is 0 Å². The first-order valence-electron chi connectivity index (χ1n) is 10.5. The molecule has 5 heteroatoms. The van der Waals surface area contributed by atoms with Gasteiger partial charge in [-0.05, 0) is 73.5 Å². The molecule has 4 rings (SSSR count). The minimum Gasteiger partial charge on any atom is -0.456 e. The van der Waals surface area contributed by atoms with E-state index in [0.717, 1.165) is 44.4 Å². The molecule has 30 heavy (non-hydrogen) atoms. The first kappa shape index (κ1) is 20.1. The van der Waals surface area contributed by atoms with Gasteiger partial charge in [0.25, 0.3) is 5.91 Å². The van der Waals surface area contributed by atoms with Crippen LogP contribution in [-0.4, -0.2) is 23.5 Å². The summed E-state index contributed by atoms with van der Waals surface area (Å²) in [5, 5.41) is 3.72. The van der Waals surface area contributed by atoms with Gasteiger partial charge in [0.2, 0.25) is 0 Å². The number of aromatic nitrogens is 1. The van der Waals surface area contributed by atoms with Gasteiger partial charge in [-0.3, -0.25) is 9.78 Å². The SMILES string of the molecule is NC(=O)c1cnccc1Oc1ccc2c(c1)CCC(NCCCc1ccccc1)C2. The van der Waals surface area contributed by atoms with Crippen LogP contribution in [0.15, 0.2) is 67.0 Å².